The average molecular weight is 359 g/mol. The SMILES string of the molecule is CCN(CC)Cc1ccc2c(c1)CN(C(=O)c1sccc1C)CCO2. The molecule has 5 heteroatoms. The molecule has 0 fully saturated rings. The summed E-state index contributed by atoms with van der Waals surface area (Å²) in [5.74, 6) is 1.01. The molecule has 0 saturated heterocycles. The normalized spacial score (nSPS) is 14.2. The number of thiophene rings is 1. The number of hydrogen-bond donors (Lipinski definition) is 0. The molecule has 4 nitrogen and oxygen atoms in total. The lowest BCUT2D eigenvalue weighted by atomic mass is 10.1. The molecule has 1 aromatic carbocycles. The minimum atomic E-state index is 0.109. The number of carbonyl (C=O) groups excluding carboxylic acids is 1. The zero-order chi connectivity index (χ0) is 17.8. The van der Waals surface area contributed by atoms with Gasteiger partial charge in [-0.15, -0.1) is 11.3 Å². The van der Waals surface area contributed by atoms with Gasteiger partial charge in [-0.25, -0.2) is 0 Å². The smallest absolute Gasteiger partial charge is 0.264 e. The van der Waals surface area contributed by atoms with Gasteiger partial charge in [0.2, 0.25) is 0 Å². The molecule has 25 heavy (non-hydrogen) atoms. The number of nitrogens with zero attached hydrogens (tertiary/aromatic N) is 2. The van der Waals surface area contributed by atoms with Crippen molar-refractivity contribution in [1.82, 2.24) is 9.80 Å². The first-order valence-corrected chi connectivity index (χ1v) is 9.80. The van der Waals surface area contributed by atoms with Gasteiger partial charge in [-0.1, -0.05) is 19.9 Å². The van der Waals surface area contributed by atoms with Crippen molar-refractivity contribution in [3.8, 4) is 5.75 Å². The third-order valence-electron chi connectivity index (χ3n) is 4.75. The summed E-state index contributed by atoms with van der Waals surface area (Å²) < 4.78 is 5.88. The molecule has 0 atom stereocenters. The molecule has 1 aromatic heterocycles. The second kappa shape index (κ2) is 8.02. The summed E-state index contributed by atoms with van der Waals surface area (Å²) in [7, 11) is 0. The summed E-state index contributed by atoms with van der Waals surface area (Å²) in [5, 5.41) is 1.98. The van der Waals surface area contributed by atoms with Crippen molar-refractivity contribution in [2.75, 3.05) is 26.2 Å². The maximum absolute atomic E-state index is 12.9. The van der Waals surface area contributed by atoms with Crippen LogP contribution in [0.1, 0.15) is 40.2 Å². The Morgan fingerprint density at radius 3 is 2.76 bits per heavy atom. The molecule has 0 N–H and O–H groups in total. The van der Waals surface area contributed by atoms with E-state index in [1.54, 1.807) is 0 Å². The van der Waals surface area contributed by atoms with E-state index in [0.717, 1.165) is 41.4 Å². The third kappa shape index (κ3) is 4.05. The van der Waals surface area contributed by atoms with E-state index in [2.05, 4.69) is 36.9 Å². The number of hydrogen-bond acceptors (Lipinski definition) is 4. The standard InChI is InChI=1S/C20H26N2O2S/c1-4-21(5-2)13-16-6-7-18-17(12-16)14-22(9-10-24-18)20(23)19-15(3)8-11-25-19/h6-8,11-12H,4-5,9-10,13-14H2,1-3H3. The Balaban J connectivity index is 1.81. The Labute approximate surface area is 154 Å². The summed E-state index contributed by atoms with van der Waals surface area (Å²) in [6, 6.07) is 8.39. The van der Waals surface area contributed by atoms with Crippen LogP contribution in [0.15, 0.2) is 29.6 Å². The zero-order valence-corrected chi connectivity index (χ0v) is 16.1. The van der Waals surface area contributed by atoms with Gasteiger partial charge in [-0.05, 0) is 54.7 Å². The summed E-state index contributed by atoms with van der Waals surface area (Å²) in [5.41, 5.74) is 3.42. The fourth-order valence-electron chi connectivity index (χ4n) is 3.16. The minimum Gasteiger partial charge on any atom is -0.491 e. The quantitative estimate of drug-likeness (QED) is 0.812. The highest BCUT2D eigenvalue weighted by atomic mass is 32.1. The molecule has 134 valence electrons. The third-order valence-corrected chi connectivity index (χ3v) is 5.75. The van der Waals surface area contributed by atoms with E-state index in [9.17, 15) is 4.79 Å². The highest BCUT2D eigenvalue weighted by molar-refractivity contribution is 7.12. The number of amides is 1. The van der Waals surface area contributed by atoms with Crippen LogP contribution < -0.4 is 4.74 Å². The van der Waals surface area contributed by atoms with Crippen LogP contribution in [0.4, 0.5) is 0 Å². The first-order chi connectivity index (χ1) is 12.1. The van der Waals surface area contributed by atoms with E-state index in [4.69, 9.17) is 4.74 Å². The Bertz CT molecular complexity index is 737. The van der Waals surface area contributed by atoms with Crippen molar-refractivity contribution in [3.05, 3.63) is 51.2 Å². The predicted molar refractivity (Wildman–Crippen MR) is 102 cm³/mol. The van der Waals surface area contributed by atoms with Gasteiger partial charge < -0.3 is 9.64 Å². The van der Waals surface area contributed by atoms with Crippen LogP contribution in [0.25, 0.3) is 0 Å². The average Bonchev–Trinajstić information content (AvgIpc) is 2.93. The Hall–Kier alpha value is -1.85. The molecule has 2 heterocycles. The minimum absolute atomic E-state index is 0.109. The molecule has 1 aliphatic heterocycles. The van der Waals surface area contributed by atoms with E-state index in [-0.39, 0.29) is 5.91 Å². The van der Waals surface area contributed by atoms with Crippen molar-refractivity contribution in [3.63, 3.8) is 0 Å². The van der Waals surface area contributed by atoms with Gasteiger partial charge in [0.05, 0.1) is 11.4 Å². The van der Waals surface area contributed by atoms with Crippen LogP contribution in [0, 0.1) is 6.92 Å². The van der Waals surface area contributed by atoms with Crippen molar-refractivity contribution in [1.29, 1.82) is 0 Å². The van der Waals surface area contributed by atoms with Crippen molar-refractivity contribution >= 4 is 17.2 Å². The van der Waals surface area contributed by atoms with Gasteiger partial charge in [0.15, 0.2) is 0 Å². The van der Waals surface area contributed by atoms with Gasteiger partial charge in [-0.2, -0.15) is 0 Å². The van der Waals surface area contributed by atoms with Crippen LogP contribution in [-0.2, 0) is 13.1 Å². The number of aryl methyl sites for hydroxylation is 1. The Morgan fingerprint density at radius 2 is 2.08 bits per heavy atom. The van der Waals surface area contributed by atoms with Gasteiger partial charge >= 0.3 is 0 Å². The summed E-state index contributed by atoms with van der Waals surface area (Å²) in [4.78, 5) is 18.0. The Kier molecular flexibility index (Phi) is 5.76. The molecule has 0 aliphatic carbocycles. The zero-order valence-electron chi connectivity index (χ0n) is 15.2. The second-order valence-corrected chi connectivity index (χ2v) is 7.33. The van der Waals surface area contributed by atoms with Crippen LogP contribution in [0.5, 0.6) is 5.75 Å². The molecular weight excluding hydrogens is 332 g/mol. The highest BCUT2D eigenvalue weighted by Crippen LogP contribution is 2.27. The lowest BCUT2D eigenvalue weighted by Gasteiger charge is -2.21. The second-order valence-electron chi connectivity index (χ2n) is 6.41. The predicted octanol–water partition coefficient (Wildman–Crippen LogP) is 3.93. The first kappa shape index (κ1) is 18.0. The summed E-state index contributed by atoms with van der Waals surface area (Å²) in [6.45, 7) is 11.1. The van der Waals surface area contributed by atoms with Crippen LogP contribution in [0.2, 0.25) is 0 Å². The molecule has 0 unspecified atom stereocenters. The van der Waals surface area contributed by atoms with E-state index >= 15 is 0 Å². The Morgan fingerprint density at radius 1 is 1.28 bits per heavy atom. The molecule has 0 radical (unpaired) electrons. The molecule has 3 rings (SSSR count). The topological polar surface area (TPSA) is 32.8 Å². The van der Waals surface area contributed by atoms with Crippen LogP contribution in [0.3, 0.4) is 0 Å². The van der Waals surface area contributed by atoms with E-state index < -0.39 is 0 Å². The monoisotopic (exact) mass is 358 g/mol. The highest BCUT2D eigenvalue weighted by Gasteiger charge is 2.23. The molecule has 1 aliphatic rings. The van der Waals surface area contributed by atoms with E-state index in [1.165, 1.54) is 16.9 Å². The van der Waals surface area contributed by atoms with Crippen LogP contribution in [-0.4, -0.2) is 41.9 Å². The number of carbonyl (C=O) groups is 1. The molecule has 0 spiro atoms. The van der Waals surface area contributed by atoms with Gasteiger partial charge in [0, 0.05) is 18.7 Å². The van der Waals surface area contributed by atoms with E-state index in [1.807, 2.05) is 23.3 Å². The lowest BCUT2D eigenvalue weighted by molar-refractivity contribution is 0.0737. The largest absolute Gasteiger partial charge is 0.491 e. The van der Waals surface area contributed by atoms with Crippen LogP contribution >= 0.6 is 11.3 Å². The summed E-state index contributed by atoms with van der Waals surface area (Å²) in [6.07, 6.45) is 0. The molecule has 1 amide bonds. The van der Waals surface area contributed by atoms with Gasteiger partial charge in [-0.3, -0.25) is 9.69 Å². The number of benzene rings is 1. The van der Waals surface area contributed by atoms with Crippen molar-refractivity contribution < 1.29 is 9.53 Å². The maximum Gasteiger partial charge on any atom is 0.264 e. The van der Waals surface area contributed by atoms with E-state index in [0.29, 0.717) is 19.7 Å². The van der Waals surface area contributed by atoms with Gasteiger partial charge in [0.1, 0.15) is 12.4 Å². The fourth-order valence-corrected chi connectivity index (χ4v) is 4.05. The van der Waals surface area contributed by atoms with Crippen molar-refractivity contribution in [2.45, 2.75) is 33.9 Å². The number of fused-ring (bicyclic) bond motifs is 1. The number of ether oxygens (including phenoxy) is 1. The summed E-state index contributed by atoms with van der Waals surface area (Å²) >= 11 is 1.52. The molecule has 0 saturated carbocycles. The van der Waals surface area contributed by atoms with Crippen molar-refractivity contribution in [2.24, 2.45) is 0 Å². The fraction of sp³-hybridized carbons (Fsp3) is 0.450. The maximum atomic E-state index is 12.9. The van der Waals surface area contributed by atoms with Gasteiger partial charge in [0.25, 0.3) is 5.91 Å². The first-order valence-electron chi connectivity index (χ1n) is 8.92. The molecular formula is C20H26N2O2S. The number of rotatable bonds is 5. The lowest BCUT2D eigenvalue weighted by Crippen LogP contribution is -2.32. The molecule has 0 bridgehead atoms. The molecule has 2 aromatic rings.